The lowest BCUT2D eigenvalue weighted by atomic mass is 9.95. The van der Waals surface area contributed by atoms with Gasteiger partial charge >= 0.3 is 0 Å². The molecule has 1 aliphatic heterocycles. The Morgan fingerprint density at radius 1 is 1.36 bits per heavy atom. The van der Waals surface area contributed by atoms with Crippen molar-refractivity contribution in [2.24, 2.45) is 5.73 Å². The van der Waals surface area contributed by atoms with Crippen molar-refractivity contribution in [3.8, 4) is 0 Å². The molecule has 0 spiro atoms. The van der Waals surface area contributed by atoms with Gasteiger partial charge in [-0.2, -0.15) is 0 Å². The Balaban J connectivity index is 2.14. The molecule has 1 heterocycles. The van der Waals surface area contributed by atoms with E-state index in [1.165, 1.54) is 11.1 Å². The molecule has 1 aliphatic rings. The molecule has 14 heavy (non-hydrogen) atoms. The van der Waals surface area contributed by atoms with Crippen molar-refractivity contribution < 1.29 is 4.74 Å². The highest BCUT2D eigenvalue weighted by Crippen LogP contribution is 2.29. The topological polar surface area (TPSA) is 35.2 Å². The molecule has 0 bridgehead atoms. The third-order valence-electron chi connectivity index (χ3n) is 2.76. The fourth-order valence-electron chi connectivity index (χ4n) is 2.02. The van der Waals surface area contributed by atoms with E-state index in [4.69, 9.17) is 10.5 Å². The van der Waals surface area contributed by atoms with Crippen LogP contribution in [0.2, 0.25) is 0 Å². The minimum atomic E-state index is 0.281. The van der Waals surface area contributed by atoms with Gasteiger partial charge < -0.3 is 10.5 Å². The Morgan fingerprint density at radius 2 is 2.21 bits per heavy atom. The summed E-state index contributed by atoms with van der Waals surface area (Å²) in [4.78, 5) is 0. The Morgan fingerprint density at radius 3 is 3.07 bits per heavy atom. The van der Waals surface area contributed by atoms with Crippen molar-refractivity contribution in [1.29, 1.82) is 0 Å². The maximum Gasteiger partial charge on any atom is 0.0828 e. The van der Waals surface area contributed by atoms with E-state index >= 15 is 0 Å². The fraction of sp³-hybridized carbons (Fsp3) is 0.500. The molecule has 0 amide bonds. The van der Waals surface area contributed by atoms with Crippen molar-refractivity contribution in [2.45, 2.75) is 25.4 Å². The molecule has 2 heteroatoms. The monoisotopic (exact) mass is 191 g/mol. The first-order valence-corrected chi connectivity index (χ1v) is 5.31. The average molecular weight is 191 g/mol. The SMILES string of the molecule is NCCCC1OCCc2ccccc21. The summed E-state index contributed by atoms with van der Waals surface area (Å²) in [6.45, 7) is 1.61. The molecule has 0 fully saturated rings. The van der Waals surface area contributed by atoms with Crippen molar-refractivity contribution in [2.75, 3.05) is 13.2 Å². The first-order chi connectivity index (χ1) is 6.92. The lowest BCUT2D eigenvalue weighted by molar-refractivity contribution is 0.0357. The molecular formula is C12H17NO. The summed E-state index contributed by atoms with van der Waals surface area (Å²) in [5, 5.41) is 0. The van der Waals surface area contributed by atoms with Crippen LogP contribution in [0.3, 0.4) is 0 Å². The van der Waals surface area contributed by atoms with Crippen LogP contribution in [0, 0.1) is 0 Å². The van der Waals surface area contributed by atoms with Gasteiger partial charge in [-0.05, 0) is 36.9 Å². The van der Waals surface area contributed by atoms with Crippen LogP contribution in [0.1, 0.15) is 30.1 Å². The quantitative estimate of drug-likeness (QED) is 0.793. The second kappa shape index (κ2) is 4.58. The molecule has 2 nitrogen and oxygen atoms in total. The predicted molar refractivity (Wildman–Crippen MR) is 57.1 cm³/mol. The van der Waals surface area contributed by atoms with Gasteiger partial charge in [-0.3, -0.25) is 0 Å². The zero-order valence-electron chi connectivity index (χ0n) is 8.41. The fourth-order valence-corrected chi connectivity index (χ4v) is 2.02. The number of nitrogens with two attached hydrogens (primary N) is 1. The van der Waals surface area contributed by atoms with Gasteiger partial charge in [0.1, 0.15) is 0 Å². The number of benzene rings is 1. The second-order valence-corrected chi connectivity index (χ2v) is 3.74. The van der Waals surface area contributed by atoms with Gasteiger partial charge in [0.2, 0.25) is 0 Å². The van der Waals surface area contributed by atoms with E-state index in [0.29, 0.717) is 0 Å². The van der Waals surface area contributed by atoms with Gasteiger partial charge in [0.15, 0.2) is 0 Å². The molecule has 76 valence electrons. The summed E-state index contributed by atoms with van der Waals surface area (Å²) in [7, 11) is 0. The molecule has 0 saturated carbocycles. The first-order valence-electron chi connectivity index (χ1n) is 5.31. The minimum Gasteiger partial charge on any atom is -0.373 e. The van der Waals surface area contributed by atoms with Gasteiger partial charge in [0, 0.05) is 0 Å². The highest BCUT2D eigenvalue weighted by atomic mass is 16.5. The van der Waals surface area contributed by atoms with Gasteiger partial charge in [-0.25, -0.2) is 0 Å². The lowest BCUT2D eigenvalue weighted by Crippen LogP contribution is -2.17. The minimum absolute atomic E-state index is 0.281. The summed E-state index contributed by atoms with van der Waals surface area (Å²) >= 11 is 0. The smallest absolute Gasteiger partial charge is 0.0828 e. The van der Waals surface area contributed by atoms with Crippen LogP contribution >= 0.6 is 0 Å². The third-order valence-corrected chi connectivity index (χ3v) is 2.76. The third kappa shape index (κ3) is 1.97. The molecule has 1 aromatic rings. The number of fused-ring (bicyclic) bond motifs is 1. The number of hydrogen-bond donors (Lipinski definition) is 1. The summed E-state index contributed by atoms with van der Waals surface area (Å²) in [6, 6.07) is 8.57. The zero-order chi connectivity index (χ0) is 9.80. The molecule has 1 unspecified atom stereocenters. The van der Waals surface area contributed by atoms with Crippen LogP contribution in [0.5, 0.6) is 0 Å². The van der Waals surface area contributed by atoms with Gasteiger partial charge in [-0.1, -0.05) is 24.3 Å². The molecular weight excluding hydrogens is 174 g/mol. The average Bonchev–Trinajstić information content (AvgIpc) is 2.26. The molecule has 0 aromatic heterocycles. The van der Waals surface area contributed by atoms with E-state index in [-0.39, 0.29) is 6.10 Å². The van der Waals surface area contributed by atoms with E-state index in [1.54, 1.807) is 0 Å². The van der Waals surface area contributed by atoms with Crippen LogP contribution in [0.25, 0.3) is 0 Å². The van der Waals surface area contributed by atoms with Crippen molar-refractivity contribution >= 4 is 0 Å². The van der Waals surface area contributed by atoms with Crippen LogP contribution in [-0.2, 0) is 11.2 Å². The molecule has 0 saturated heterocycles. The van der Waals surface area contributed by atoms with Crippen molar-refractivity contribution in [3.63, 3.8) is 0 Å². The van der Waals surface area contributed by atoms with Gasteiger partial charge in [-0.15, -0.1) is 0 Å². The molecule has 2 N–H and O–H groups in total. The van der Waals surface area contributed by atoms with E-state index < -0.39 is 0 Å². The van der Waals surface area contributed by atoms with Crippen molar-refractivity contribution in [1.82, 2.24) is 0 Å². The van der Waals surface area contributed by atoms with Crippen LogP contribution in [0.15, 0.2) is 24.3 Å². The molecule has 1 aromatic carbocycles. The predicted octanol–water partition coefficient (Wildman–Crippen LogP) is 2.04. The maximum atomic E-state index is 5.75. The normalized spacial score (nSPS) is 20.5. The number of ether oxygens (including phenoxy) is 1. The zero-order valence-corrected chi connectivity index (χ0v) is 8.41. The van der Waals surface area contributed by atoms with Crippen molar-refractivity contribution in [3.05, 3.63) is 35.4 Å². The van der Waals surface area contributed by atoms with Gasteiger partial charge in [0.05, 0.1) is 12.7 Å². The summed E-state index contributed by atoms with van der Waals surface area (Å²) in [6.07, 6.45) is 3.42. The van der Waals surface area contributed by atoms with Gasteiger partial charge in [0.25, 0.3) is 0 Å². The lowest BCUT2D eigenvalue weighted by Gasteiger charge is -2.25. The highest BCUT2D eigenvalue weighted by Gasteiger charge is 2.19. The number of hydrogen-bond acceptors (Lipinski definition) is 2. The Kier molecular flexibility index (Phi) is 3.17. The van der Waals surface area contributed by atoms with Crippen LogP contribution in [0.4, 0.5) is 0 Å². The second-order valence-electron chi connectivity index (χ2n) is 3.74. The summed E-state index contributed by atoms with van der Waals surface area (Å²) < 4.78 is 5.75. The first kappa shape index (κ1) is 9.69. The summed E-state index contributed by atoms with van der Waals surface area (Å²) in [5.74, 6) is 0. The Bertz CT molecular complexity index is 298. The Hall–Kier alpha value is -0.860. The standard InChI is InChI=1S/C12H17NO/c13-8-3-6-12-11-5-2-1-4-10(11)7-9-14-12/h1-2,4-5,12H,3,6-9,13H2. The molecule has 0 radical (unpaired) electrons. The van der Waals surface area contributed by atoms with E-state index in [2.05, 4.69) is 24.3 Å². The van der Waals surface area contributed by atoms with Crippen LogP contribution < -0.4 is 5.73 Å². The molecule has 2 rings (SSSR count). The molecule has 1 atom stereocenters. The van der Waals surface area contributed by atoms with E-state index in [0.717, 1.165) is 32.4 Å². The number of rotatable bonds is 3. The summed E-state index contributed by atoms with van der Waals surface area (Å²) in [5.41, 5.74) is 8.32. The van der Waals surface area contributed by atoms with E-state index in [9.17, 15) is 0 Å². The molecule has 0 aliphatic carbocycles. The maximum absolute atomic E-state index is 5.75. The highest BCUT2D eigenvalue weighted by molar-refractivity contribution is 5.30. The van der Waals surface area contributed by atoms with E-state index in [1.807, 2.05) is 0 Å². The Labute approximate surface area is 85.1 Å². The largest absolute Gasteiger partial charge is 0.373 e. The van der Waals surface area contributed by atoms with Crippen LogP contribution in [-0.4, -0.2) is 13.2 Å².